The zero-order valence-corrected chi connectivity index (χ0v) is 18.7. The lowest BCUT2D eigenvalue weighted by Crippen LogP contribution is -2.53. The van der Waals surface area contributed by atoms with Gasteiger partial charge < -0.3 is 9.72 Å². The molecule has 1 saturated heterocycles. The molecule has 0 spiro atoms. The number of hydrogen-bond donors (Lipinski definition) is 1. The molecule has 1 aliphatic heterocycles. The first-order valence-electron chi connectivity index (χ1n) is 11.7. The van der Waals surface area contributed by atoms with Crippen LogP contribution in [-0.4, -0.2) is 30.1 Å². The Morgan fingerprint density at radius 2 is 1.84 bits per heavy atom. The molecule has 2 heterocycles. The lowest BCUT2D eigenvalue weighted by molar-refractivity contribution is 0.0765. The van der Waals surface area contributed by atoms with Crippen LogP contribution >= 0.6 is 0 Å². The molecule has 32 heavy (non-hydrogen) atoms. The maximum Gasteiger partial charge on any atom is 0.119 e. The number of nitrogens with zero attached hydrogens (tertiary/aromatic N) is 1. The number of likely N-dealkylation sites (tertiary alicyclic amines) is 1. The van der Waals surface area contributed by atoms with Crippen molar-refractivity contribution in [2.75, 3.05) is 20.2 Å². The summed E-state index contributed by atoms with van der Waals surface area (Å²) in [6.45, 7) is 3.29. The monoisotopic (exact) mass is 422 g/mol. The van der Waals surface area contributed by atoms with Gasteiger partial charge in [-0.25, -0.2) is 0 Å². The van der Waals surface area contributed by atoms with Crippen LogP contribution in [0, 0.1) is 5.92 Å². The number of hydrogen-bond acceptors (Lipinski definition) is 2. The maximum atomic E-state index is 5.62. The largest absolute Gasteiger partial charge is 0.497 e. The van der Waals surface area contributed by atoms with Gasteiger partial charge in [0.1, 0.15) is 5.75 Å². The molecular formula is C29H30N2O. The Morgan fingerprint density at radius 3 is 2.72 bits per heavy atom. The Morgan fingerprint density at radius 1 is 1.00 bits per heavy atom. The molecule has 2 aliphatic rings. The van der Waals surface area contributed by atoms with Gasteiger partial charge >= 0.3 is 0 Å². The van der Waals surface area contributed by atoms with Gasteiger partial charge in [-0.15, -0.1) is 0 Å². The Balaban J connectivity index is 1.41. The Hall–Kier alpha value is -3.04. The number of fused-ring (bicyclic) bond motifs is 4. The van der Waals surface area contributed by atoms with Crippen molar-refractivity contribution >= 4 is 10.9 Å². The van der Waals surface area contributed by atoms with E-state index in [1.54, 1.807) is 7.11 Å². The summed E-state index contributed by atoms with van der Waals surface area (Å²) in [6.07, 6.45) is 3.38. The molecule has 1 fully saturated rings. The average molecular weight is 423 g/mol. The zero-order valence-electron chi connectivity index (χ0n) is 18.7. The molecule has 1 N–H and O–H groups in total. The van der Waals surface area contributed by atoms with Crippen LogP contribution in [0.1, 0.15) is 28.8 Å². The van der Waals surface area contributed by atoms with Gasteiger partial charge in [-0.05, 0) is 66.6 Å². The van der Waals surface area contributed by atoms with Crippen molar-refractivity contribution in [3.05, 3.63) is 101 Å². The third-order valence-electron chi connectivity index (χ3n) is 7.87. The SMILES string of the molecule is COc1cccc(C23CCN(Cc4ccccc4)CC2Cc2c([nH]c4ccccc24)C3)c1. The highest BCUT2D eigenvalue weighted by Gasteiger charge is 2.48. The number of rotatable bonds is 4. The van der Waals surface area contributed by atoms with Crippen molar-refractivity contribution in [2.45, 2.75) is 31.2 Å². The molecule has 3 heteroatoms. The fourth-order valence-electron chi connectivity index (χ4n) is 6.23. The van der Waals surface area contributed by atoms with Gasteiger partial charge in [0.25, 0.3) is 0 Å². The molecule has 0 amide bonds. The number of methoxy groups -OCH3 is 1. The van der Waals surface area contributed by atoms with Crippen LogP contribution in [-0.2, 0) is 24.8 Å². The quantitative estimate of drug-likeness (QED) is 0.455. The minimum atomic E-state index is 0.148. The zero-order chi connectivity index (χ0) is 21.5. The lowest BCUT2D eigenvalue weighted by Gasteiger charge is -2.51. The van der Waals surface area contributed by atoms with Crippen LogP contribution in [0.4, 0.5) is 0 Å². The summed E-state index contributed by atoms with van der Waals surface area (Å²) in [4.78, 5) is 6.44. The summed E-state index contributed by atoms with van der Waals surface area (Å²) in [6, 6.07) is 28.6. The van der Waals surface area contributed by atoms with Crippen LogP contribution < -0.4 is 4.74 Å². The highest BCUT2D eigenvalue weighted by atomic mass is 16.5. The van der Waals surface area contributed by atoms with Crippen molar-refractivity contribution in [1.82, 2.24) is 9.88 Å². The van der Waals surface area contributed by atoms with Gasteiger partial charge in [-0.2, -0.15) is 0 Å². The molecule has 3 nitrogen and oxygen atoms in total. The number of nitrogens with one attached hydrogen (secondary N) is 1. The van der Waals surface area contributed by atoms with Crippen molar-refractivity contribution in [1.29, 1.82) is 0 Å². The second-order valence-electron chi connectivity index (χ2n) is 9.56. The number of aromatic amines is 1. The van der Waals surface area contributed by atoms with Crippen molar-refractivity contribution in [2.24, 2.45) is 5.92 Å². The van der Waals surface area contributed by atoms with Crippen molar-refractivity contribution < 1.29 is 4.74 Å². The number of H-pyrrole nitrogens is 1. The fraction of sp³-hybridized carbons (Fsp3) is 0.310. The van der Waals surface area contributed by atoms with E-state index < -0.39 is 0 Å². The average Bonchev–Trinajstić information content (AvgIpc) is 3.20. The minimum Gasteiger partial charge on any atom is -0.497 e. The van der Waals surface area contributed by atoms with E-state index in [0.717, 1.165) is 38.2 Å². The van der Waals surface area contributed by atoms with Gasteiger partial charge in [0.2, 0.25) is 0 Å². The topological polar surface area (TPSA) is 28.3 Å². The number of aromatic nitrogens is 1. The van der Waals surface area contributed by atoms with Crippen molar-refractivity contribution in [3.8, 4) is 5.75 Å². The van der Waals surface area contributed by atoms with E-state index in [1.807, 2.05) is 0 Å². The predicted molar refractivity (Wildman–Crippen MR) is 130 cm³/mol. The molecule has 6 rings (SSSR count). The van der Waals surface area contributed by atoms with Gasteiger partial charge in [0, 0.05) is 35.1 Å². The smallest absolute Gasteiger partial charge is 0.119 e. The first-order valence-corrected chi connectivity index (χ1v) is 11.7. The predicted octanol–water partition coefficient (Wildman–Crippen LogP) is 5.74. The van der Waals surface area contributed by atoms with Crippen LogP contribution in [0.15, 0.2) is 78.9 Å². The molecule has 3 aromatic carbocycles. The molecule has 2 atom stereocenters. The third kappa shape index (κ3) is 3.23. The van der Waals surface area contributed by atoms with Gasteiger partial charge in [-0.1, -0.05) is 60.7 Å². The molecule has 4 aromatic rings. The number of benzene rings is 3. The Bertz CT molecular complexity index is 1240. The van der Waals surface area contributed by atoms with Gasteiger partial charge in [0.15, 0.2) is 0 Å². The number of piperidine rings is 1. The summed E-state index contributed by atoms with van der Waals surface area (Å²) >= 11 is 0. The van der Waals surface area contributed by atoms with E-state index in [4.69, 9.17) is 4.74 Å². The van der Waals surface area contributed by atoms with E-state index in [-0.39, 0.29) is 5.41 Å². The highest BCUT2D eigenvalue weighted by molar-refractivity contribution is 5.85. The second kappa shape index (κ2) is 7.83. The molecule has 0 bridgehead atoms. The summed E-state index contributed by atoms with van der Waals surface area (Å²) in [7, 11) is 1.77. The van der Waals surface area contributed by atoms with Gasteiger partial charge in [0.05, 0.1) is 7.11 Å². The van der Waals surface area contributed by atoms with Crippen LogP contribution in [0.5, 0.6) is 5.75 Å². The summed E-state index contributed by atoms with van der Waals surface area (Å²) in [5.74, 6) is 1.54. The summed E-state index contributed by atoms with van der Waals surface area (Å²) < 4.78 is 5.62. The lowest BCUT2D eigenvalue weighted by atomic mass is 9.58. The molecule has 0 saturated carbocycles. The van der Waals surface area contributed by atoms with E-state index in [0.29, 0.717) is 5.92 Å². The Labute approximate surface area is 190 Å². The molecule has 0 radical (unpaired) electrons. The fourth-order valence-corrected chi connectivity index (χ4v) is 6.23. The maximum absolute atomic E-state index is 5.62. The summed E-state index contributed by atoms with van der Waals surface area (Å²) in [5, 5.41) is 1.40. The van der Waals surface area contributed by atoms with E-state index in [1.165, 1.54) is 39.7 Å². The second-order valence-corrected chi connectivity index (χ2v) is 9.56. The standard InChI is InChI=1S/C29H30N2O/c1-32-24-11-7-10-22(16-24)29-14-15-31(19-21-8-3-2-4-9-21)20-23(29)17-26-25-12-5-6-13-27(25)30-28(26)18-29/h2-13,16,23,30H,14-15,17-20H2,1H3. The normalized spacial score (nSPS) is 23.0. The van der Waals surface area contributed by atoms with Crippen LogP contribution in [0.3, 0.4) is 0 Å². The number of ether oxygens (including phenoxy) is 1. The van der Waals surface area contributed by atoms with Crippen molar-refractivity contribution in [3.63, 3.8) is 0 Å². The molecule has 1 aromatic heterocycles. The first kappa shape index (κ1) is 19.6. The van der Waals surface area contributed by atoms with E-state index in [9.17, 15) is 0 Å². The van der Waals surface area contributed by atoms with Gasteiger partial charge in [-0.3, -0.25) is 4.90 Å². The molecule has 2 unspecified atom stereocenters. The van der Waals surface area contributed by atoms with Crippen LogP contribution in [0.2, 0.25) is 0 Å². The molecule has 1 aliphatic carbocycles. The molecule has 162 valence electrons. The molecular weight excluding hydrogens is 392 g/mol. The summed E-state index contributed by atoms with van der Waals surface area (Å²) in [5.41, 5.74) is 7.23. The Kier molecular flexibility index (Phi) is 4.80. The highest BCUT2D eigenvalue weighted by Crippen LogP contribution is 2.49. The van der Waals surface area contributed by atoms with E-state index >= 15 is 0 Å². The first-order chi connectivity index (χ1) is 15.7. The van der Waals surface area contributed by atoms with E-state index in [2.05, 4.69) is 88.7 Å². The number of para-hydroxylation sites is 1. The van der Waals surface area contributed by atoms with Crippen LogP contribution in [0.25, 0.3) is 10.9 Å². The minimum absolute atomic E-state index is 0.148. The third-order valence-corrected chi connectivity index (χ3v) is 7.87.